The van der Waals surface area contributed by atoms with E-state index in [0.717, 1.165) is 10.8 Å². The van der Waals surface area contributed by atoms with Gasteiger partial charge < -0.3 is 4.74 Å². The standard InChI is InChI=1S/C13H11Cl2NOS/c1-2-18-12-8-9(6-7-16-12)17-11-5-3-4-10(14)13(11)15/h3-8H,2H2,1H3. The Morgan fingerprint density at radius 1 is 1.28 bits per heavy atom. The Balaban J connectivity index is 2.23. The van der Waals surface area contributed by atoms with Crippen LogP contribution in [0.5, 0.6) is 11.5 Å². The van der Waals surface area contributed by atoms with Gasteiger partial charge in [0.1, 0.15) is 16.5 Å². The number of hydrogen-bond donors (Lipinski definition) is 0. The molecule has 2 rings (SSSR count). The maximum atomic E-state index is 6.07. The first-order valence-corrected chi connectivity index (χ1v) is 7.15. The summed E-state index contributed by atoms with van der Waals surface area (Å²) in [4.78, 5) is 4.23. The van der Waals surface area contributed by atoms with Gasteiger partial charge in [0.25, 0.3) is 0 Å². The summed E-state index contributed by atoms with van der Waals surface area (Å²) in [6, 6.07) is 8.97. The van der Waals surface area contributed by atoms with Crippen LogP contribution in [-0.2, 0) is 0 Å². The van der Waals surface area contributed by atoms with E-state index >= 15 is 0 Å². The van der Waals surface area contributed by atoms with Gasteiger partial charge in [-0.25, -0.2) is 4.98 Å². The predicted octanol–water partition coefficient (Wildman–Crippen LogP) is 5.29. The topological polar surface area (TPSA) is 22.1 Å². The zero-order valence-electron chi connectivity index (χ0n) is 9.69. The van der Waals surface area contributed by atoms with Crippen molar-refractivity contribution in [2.75, 3.05) is 5.75 Å². The molecule has 94 valence electrons. The molecule has 5 heteroatoms. The number of aromatic nitrogens is 1. The monoisotopic (exact) mass is 299 g/mol. The van der Waals surface area contributed by atoms with Gasteiger partial charge in [0.2, 0.25) is 0 Å². The number of thioether (sulfide) groups is 1. The van der Waals surface area contributed by atoms with Crippen LogP contribution in [0.15, 0.2) is 41.6 Å². The highest BCUT2D eigenvalue weighted by atomic mass is 35.5. The molecule has 0 aliphatic carbocycles. The van der Waals surface area contributed by atoms with Gasteiger partial charge in [0.15, 0.2) is 0 Å². The molecule has 0 saturated heterocycles. The largest absolute Gasteiger partial charge is 0.456 e. The first kappa shape index (κ1) is 13.5. The van der Waals surface area contributed by atoms with E-state index in [1.807, 2.05) is 6.07 Å². The number of benzene rings is 1. The van der Waals surface area contributed by atoms with E-state index < -0.39 is 0 Å². The summed E-state index contributed by atoms with van der Waals surface area (Å²) >= 11 is 13.7. The molecule has 1 aromatic heterocycles. The van der Waals surface area contributed by atoms with Crippen LogP contribution in [0.1, 0.15) is 6.92 Å². The molecule has 1 aromatic carbocycles. The van der Waals surface area contributed by atoms with Crippen molar-refractivity contribution in [2.24, 2.45) is 0 Å². The number of rotatable bonds is 4. The van der Waals surface area contributed by atoms with E-state index in [2.05, 4.69) is 11.9 Å². The molecule has 0 unspecified atom stereocenters. The summed E-state index contributed by atoms with van der Waals surface area (Å²) in [5.74, 6) is 2.21. The second-order valence-electron chi connectivity index (χ2n) is 3.42. The predicted molar refractivity (Wildman–Crippen MR) is 77.2 cm³/mol. The number of hydrogen-bond acceptors (Lipinski definition) is 3. The van der Waals surface area contributed by atoms with Gasteiger partial charge in [0.05, 0.1) is 10.0 Å². The third-order valence-electron chi connectivity index (χ3n) is 2.14. The minimum Gasteiger partial charge on any atom is -0.456 e. The molecule has 2 nitrogen and oxygen atoms in total. The SMILES string of the molecule is CCSc1cc(Oc2cccc(Cl)c2Cl)ccn1. The highest BCUT2D eigenvalue weighted by molar-refractivity contribution is 7.99. The normalized spacial score (nSPS) is 10.4. The molecule has 0 aliphatic heterocycles. The summed E-state index contributed by atoms with van der Waals surface area (Å²) in [7, 11) is 0. The van der Waals surface area contributed by atoms with Crippen molar-refractivity contribution in [3.63, 3.8) is 0 Å². The molecule has 0 radical (unpaired) electrons. The zero-order valence-corrected chi connectivity index (χ0v) is 12.0. The summed E-state index contributed by atoms with van der Waals surface area (Å²) in [6.07, 6.45) is 1.71. The van der Waals surface area contributed by atoms with Crippen LogP contribution in [0.25, 0.3) is 0 Å². The van der Waals surface area contributed by atoms with E-state index in [4.69, 9.17) is 27.9 Å². The number of pyridine rings is 1. The van der Waals surface area contributed by atoms with E-state index in [1.165, 1.54) is 0 Å². The Morgan fingerprint density at radius 2 is 2.11 bits per heavy atom. The summed E-state index contributed by atoms with van der Waals surface area (Å²) in [6.45, 7) is 2.08. The molecule has 0 bridgehead atoms. The van der Waals surface area contributed by atoms with Gasteiger partial charge in [-0.2, -0.15) is 0 Å². The Bertz CT molecular complexity index is 548. The highest BCUT2D eigenvalue weighted by Gasteiger charge is 2.07. The van der Waals surface area contributed by atoms with E-state index in [-0.39, 0.29) is 0 Å². The summed E-state index contributed by atoms with van der Waals surface area (Å²) in [5.41, 5.74) is 0. The fourth-order valence-corrected chi connectivity index (χ4v) is 2.33. The van der Waals surface area contributed by atoms with Crippen LogP contribution in [0.4, 0.5) is 0 Å². The van der Waals surface area contributed by atoms with Gasteiger partial charge in [-0.15, -0.1) is 11.8 Å². The number of nitrogens with zero attached hydrogens (tertiary/aromatic N) is 1. The van der Waals surface area contributed by atoms with Crippen LogP contribution in [-0.4, -0.2) is 10.7 Å². The molecule has 0 aliphatic rings. The van der Waals surface area contributed by atoms with Crippen molar-refractivity contribution in [1.82, 2.24) is 4.98 Å². The fraction of sp³-hybridized carbons (Fsp3) is 0.154. The molecule has 0 atom stereocenters. The molecule has 2 aromatic rings. The van der Waals surface area contributed by atoms with Gasteiger partial charge in [-0.05, 0) is 24.0 Å². The second kappa shape index (κ2) is 6.32. The Hall–Kier alpha value is -0.900. The molecule has 0 saturated carbocycles. The highest BCUT2D eigenvalue weighted by Crippen LogP contribution is 2.35. The first-order valence-electron chi connectivity index (χ1n) is 5.41. The minimum absolute atomic E-state index is 0.417. The van der Waals surface area contributed by atoms with Crippen molar-refractivity contribution in [1.29, 1.82) is 0 Å². The zero-order chi connectivity index (χ0) is 13.0. The molecular weight excluding hydrogens is 289 g/mol. The number of ether oxygens (including phenoxy) is 1. The van der Waals surface area contributed by atoms with Crippen LogP contribution < -0.4 is 4.74 Å². The fourth-order valence-electron chi connectivity index (χ4n) is 1.37. The molecular formula is C13H11Cl2NOS. The van der Waals surface area contributed by atoms with Gasteiger partial charge >= 0.3 is 0 Å². The lowest BCUT2D eigenvalue weighted by molar-refractivity contribution is 0.480. The maximum absolute atomic E-state index is 6.07. The third-order valence-corrected chi connectivity index (χ3v) is 3.75. The van der Waals surface area contributed by atoms with Gasteiger partial charge in [0, 0.05) is 12.3 Å². The average Bonchev–Trinajstić information content (AvgIpc) is 2.36. The first-order chi connectivity index (χ1) is 8.70. The van der Waals surface area contributed by atoms with Crippen molar-refractivity contribution >= 4 is 35.0 Å². The van der Waals surface area contributed by atoms with Crippen molar-refractivity contribution in [2.45, 2.75) is 11.9 Å². The van der Waals surface area contributed by atoms with Crippen LogP contribution in [0, 0.1) is 0 Å². The second-order valence-corrected chi connectivity index (χ2v) is 5.49. The lowest BCUT2D eigenvalue weighted by atomic mass is 10.3. The number of halogens is 2. The lowest BCUT2D eigenvalue weighted by Crippen LogP contribution is -1.88. The minimum atomic E-state index is 0.417. The van der Waals surface area contributed by atoms with E-state index in [1.54, 1.807) is 42.2 Å². The average molecular weight is 300 g/mol. The summed E-state index contributed by atoms with van der Waals surface area (Å²) < 4.78 is 5.71. The van der Waals surface area contributed by atoms with E-state index in [9.17, 15) is 0 Å². The van der Waals surface area contributed by atoms with Gasteiger partial charge in [-0.3, -0.25) is 0 Å². The van der Waals surface area contributed by atoms with Crippen molar-refractivity contribution < 1.29 is 4.74 Å². The lowest BCUT2D eigenvalue weighted by Gasteiger charge is -2.09. The molecule has 0 N–H and O–H groups in total. The van der Waals surface area contributed by atoms with Crippen LogP contribution in [0.2, 0.25) is 10.0 Å². The molecule has 0 spiro atoms. The quantitative estimate of drug-likeness (QED) is 0.716. The molecule has 0 amide bonds. The van der Waals surface area contributed by atoms with Crippen LogP contribution in [0.3, 0.4) is 0 Å². The third kappa shape index (κ3) is 3.31. The Morgan fingerprint density at radius 3 is 2.89 bits per heavy atom. The summed E-state index contributed by atoms with van der Waals surface area (Å²) in [5, 5.41) is 1.82. The van der Waals surface area contributed by atoms with Crippen molar-refractivity contribution in [3.05, 3.63) is 46.6 Å². The van der Waals surface area contributed by atoms with Crippen LogP contribution >= 0.6 is 35.0 Å². The maximum Gasteiger partial charge on any atom is 0.147 e. The Kier molecular flexibility index (Phi) is 4.75. The van der Waals surface area contributed by atoms with Crippen molar-refractivity contribution in [3.8, 4) is 11.5 Å². The molecule has 1 heterocycles. The van der Waals surface area contributed by atoms with E-state index in [0.29, 0.717) is 21.5 Å². The van der Waals surface area contributed by atoms with Gasteiger partial charge in [-0.1, -0.05) is 36.2 Å². The Labute approximate surface area is 120 Å². The molecule has 0 fully saturated rings. The molecule has 18 heavy (non-hydrogen) atoms. The smallest absolute Gasteiger partial charge is 0.147 e.